The lowest BCUT2D eigenvalue weighted by Gasteiger charge is -2.34. The maximum absolute atomic E-state index is 13.0. The Labute approximate surface area is 151 Å². The van der Waals surface area contributed by atoms with Gasteiger partial charge in [0.05, 0.1) is 13.7 Å². The largest absolute Gasteiger partial charge is 0.497 e. The van der Waals surface area contributed by atoms with Crippen LogP contribution in [0.15, 0.2) is 24.3 Å². The number of hydrogen-bond donors (Lipinski definition) is 0. The Hall–Kier alpha value is -1.99. The summed E-state index contributed by atoms with van der Waals surface area (Å²) in [4.78, 5) is 17.4. The molecular formula is C21H28N2O2. The van der Waals surface area contributed by atoms with E-state index in [1.807, 2.05) is 12.1 Å². The van der Waals surface area contributed by atoms with Gasteiger partial charge in [-0.3, -0.25) is 9.69 Å². The summed E-state index contributed by atoms with van der Waals surface area (Å²) in [6, 6.07) is 8.55. The van der Waals surface area contributed by atoms with Crippen LogP contribution in [0, 0.1) is 18.3 Å². The highest BCUT2D eigenvalue weighted by Crippen LogP contribution is 2.27. The van der Waals surface area contributed by atoms with Gasteiger partial charge in [-0.2, -0.15) is 0 Å². The molecule has 2 aliphatic heterocycles. The summed E-state index contributed by atoms with van der Waals surface area (Å²) in [5, 5.41) is 0. The lowest BCUT2D eigenvalue weighted by atomic mass is 9.94. The van der Waals surface area contributed by atoms with E-state index in [1.165, 1.54) is 5.56 Å². The van der Waals surface area contributed by atoms with E-state index in [0.717, 1.165) is 57.5 Å². The average molecular weight is 340 g/mol. The van der Waals surface area contributed by atoms with Crippen LogP contribution in [0.1, 0.15) is 31.2 Å². The van der Waals surface area contributed by atoms with Gasteiger partial charge in [0.2, 0.25) is 5.91 Å². The smallest absolute Gasteiger partial charge is 0.226 e. The number of likely N-dealkylation sites (tertiary alicyclic amines) is 2. The molecule has 0 aromatic heterocycles. The van der Waals surface area contributed by atoms with E-state index < -0.39 is 0 Å². The number of amides is 1. The van der Waals surface area contributed by atoms with Gasteiger partial charge in [0.25, 0.3) is 0 Å². The Kier molecular flexibility index (Phi) is 5.99. The van der Waals surface area contributed by atoms with Crippen LogP contribution in [0.2, 0.25) is 0 Å². The molecule has 0 bridgehead atoms. The third kappa shape index (κ3) is 4.35. The van der Waals surface area contributed by atoms with Gasteiger partial charge >= 0.3 is 0 Å². The molecule has 0 spiro atoms. The van der Waals surface area contributed by atoms with E-state index in [-0.39, 0.29) is 5.92 Å². The van der Waals surface area contributed by atoms with E-state index in [4.69, 9.17) is 11.2 Å². The van der Waals surface area contributed by atoms with Crippen molar-refractivity contribution in [1.29, 1.82) is 0 Å². The average Bonchev–Trinajstić information content (AvgIpc) is 3.11. The van der Waals surface area contributed by atoms with Gasteiger partial charge < -0.3 is 9.64 Å². The standard InChI is InChI=1S/C21H28N2O2/c1-3-12-22-14-10-18(11-15-22)21(24)23-13-4-5-19(23)16-17-6-8-20(25-2)9-7-17/h1,6-9,18-19H,4-5,10-16H2,2H3. The molecule has 25 heavy (non-hydrogen) atoms. The predicted octanol–water partition coefficient (Wildman–Crippen LogP) is 2.57. The van der Waals surface area contributed by atoms with Crippen LogP contribution in [0.25, 0.3) is 0 Å². The van der Waals surface area contributed by atoms with Crippen molar-refractivity contribution in [2.24, 2.45) is 5.92 Å². The minimum absolute atomic E-state index is 0.172. The zero-order chi connectivity index (χ0) is 17.6. The topological polar surface area (TPSA) is 32.8 Å². The second-order valence-electron chi connectivity index (χ2n) is 7.13. The van der Waals surface area contributed by atoms with Crippen molar-refractivity contribution < 1.29 is 9.53 Å². The molecule has 4 heteroatoms. The maximum Gasteiger partial charge on any atom is 0.226 e. The molecule has 2 heterocycles. The Morgan fingerprint density at radius 3 is 2.56 bits per heavy atom. The van der Waals surface area contributed by atoms with Gasteiger partial charge in [-0.1, -0.05) is 18.1 Å². The van der Waals surface area contributed by atoms with Gasteiger partial charge in [-0.05, 0) is 62.9 Å². The molecule has 0 N–H and O–H groups in total. The third-order valence-corrected chi connectivity index (χ3v) is 5.54. The summed E-state index contributed by atoms with van der Waals surface area (Å²) in [7, 11) is 1.68. The molecule has 2 fully saturated rings. The minimum atomic E-state index is 0.172. The summed E-state index contributed by atoms with van der Waals surface area (Å²) in [5.74, 6) is 4.11. The first-order valence-electron chi connectivity index (χ1n) is 9.30. The Balaban J connectivity index is 1.57. The van der Waals surface area contributed by atoms with Crippen molar-refractivity contribution in [3.63, 3.8) is 0 Å². The highest BCUT2D eigenvalue weighted by molar-refractivity contribution is 5.79. The predicted molar refractivity (Wildman–Crippen MR) is 99.4 cm³/mol. The monoisotopic (exact) mass is 340 g/mol. The number of rotatable bonds is 5. The van der Waals surface area contributed by atoms with Crippen LogP contribution in [-0.2, 0) is 11.2 Å². The zero-order valence-corrected chi connectivity index (χ0v) is 15.1. The molecule has 1 atom stereocenters. The summed E-state index contributed by atoms with van der Waals surface area (Å²) < 4.78 is 5.22. The fourth-order valence-corrected chi connectivity index (χ4v) is 4.07. The normalized spacial score (nSPS) is 21.9. The first-order chi connectivity index (χ1) is 12.2. The summed E-state index contributed by atoms with van der Waals surface area (Å²) in [6.45, 7) is 3.49. The second kappa shape index (κ2) is 8.40. The summed E-state index contributed by atoms with van der Waals surface area (Å²) in [6.07, 6.45) is 10.4. The van der Waals surface area contributed by atoms with E-state index in [9.17, 15) is 4.79 Å². The van der Waals surface area contributed by atoms with Crippen molar-refractivity contribution in [2.75, 3.05) is 33.3 Å². The Morgan fingerprint density at radius 2 is 1.92 bits per heavy atom. The molecule has 4 nitrogen and oxygen atoms in total. The molecule has 1 aromatic carbocycles. The lowest BCUT2D eigenvalue weighted by Crippen LogP contribution is -2.45. The molecule has 0 radical (unpaired) electrons. The molecule has 1 unspecified atom stereocenters. The van der Waals surface area contributed by atoms with Crippen molar-refractivity contribution >= 4 is 5.91 Å². The molecule has 1 amide bonds. The zero-order valence-electron chi connectivity index (χ0n) is 15.1. The van der Waals surface area contributed by atoms with Crippen molar-refractivity contribution in [3.05, 3.63) is 29.8 Å². The number of benzene rings is 1. The Bertz CT molecular complexity index is 612. The van der Waals surface area contributed by atoms with E-state index in [1.54, 1.807) is 7.11 Å². The van der Waals surface area contributed by atoms with Crippen LogP contribution in [0.5, 0.6) is 5.75 Å². The number of nitrogens with zero attached hydrogens (tertiary/aromatic N) is 2. The van der Waals surface area contributed by atoms with Crippen molar-refractivity contribution in [3.8, 4) is 18.1 Å². The summed E-state index contributed by atoms with van der Waals surface area (Å²) in [5.41, 5.74) is 1.27. The number of hydrogen-bond acceptors (Lipinski definition) is 3. The molecule has 134 valence electrons. The number of piperidine rings is 1. The quantitative estimate of drug-likeness (QED) is 0.773. The molecular weight excluding hydrogens is 312 g/mol. The van der Waals surface area contributed by atoms with Gasteiger partial charge in [0, 0.05) is 18.5 Å². The first-order valence-corrected chi connectivity index (χ1v) is 9.30. The number of carbonyl (C=O) groups is 1. The number of methoxy groups -OCH3 is 1. The number of terminal acetylenes is 1. The molecule has 2 aliphatic rings. The molecule has 3 rings (SSSR count). The van der Waals surface area contributed by atoms with Crippen molar-refractivity contribution in [1.82, 2.24) is 9.80 Å². The van der Waals surface area contributed by atoms with Crippen LogP contribution < -0.4 is 4.74 Å². The SMILES string of the molecule is C#CCN1CCC(C(=O)N2CCCC2Cc2ccc(OC)cc2)CC1. The molecule has 2 saturated heterocycles. The van der Waals surface area contributed by atoms with Crippen LogP contribution in [0.4, 0.5) is 0 Å². The molecule has 0 aliphatic carbocycles. The number of carbonyl (C=O) groups excluding carboxylic acids is 1. The van der Waals surface area contributed by atoms with Gasteiger partial charge in [0.1, 0.15) is 5.75 Å². The maximum atomic E-state index is 13.0. The minimum Gasteiger partial charge on any atom is -0.497 e. The first kappa shape index (κ1) is 17.8. The van der Waals surface area contributed by atoms with Crippen LogP contribution >= 0.6 is 0 Å². The van der Waals surface area contributed by atoms with Gasteiger partial charge in [0.15, 0.2) is 0 Å². The highest BCUT2D eigenvalue weighted by Gasteiger charge is 2.34. The van der Waals surface area contributed by atoms with E-state index in [2.05, 4.69) is 27.9 Å². The fourth-order valence-electron chi connectivity index (χ4n) is 4.07. The highest BCUT2D eigenvalue weighted by atomic mass is 16.5. The molecule has 1 aromatic rings. The Morgan fingerprint density at radius 1 is 1.20 bits per heavy atom. The van der Waals surface area contributed by atoms with E-state index >= 15 is 0 Å². The van der Waals surface area contributed by atoms with Crippen molar-refractivity contribution in [2.45, 2.75) is 38.1 Å². The fraction of sp³-hybridized carbons (Fsp3) is 0.571. The van der Waals surface area contributed by atoms with Gasteiger partial charge in [-0.15, -0.1) is 6.42 Å². The van der Waals surface area contributed by atoms with E-state index in [0.29, 0.717) is 18.5 Å². The number of ether oxygens (including phenoxy) is 1. The van der Waals surface area contributed by atoms with Crippen LogP contribution in [0.3, 0.4) is 0 Å². The third-order valence-electron chi connectivity index (χ3n) is 5.54. The molecule has 0 saturated carbocycles. The lowest BCUT2D eigenvalue weighted by molar-refractivity contribution is -0.137. The second-order valence-corrected chi connectivity index (χ2v) is 7.13. The summed E-state index contributed by atoms with van der Waals surface area (Å²) >= 11 is 0. The van der Waals surface area contributed by atoms with Crippen LogP contribution in [-0.4, -0.2) is 55.0 Å². The van der Waals surface area contributed by atoms with Gasteiger partial charge in [-0.25, -0.2) is 0 Å².